The third-order valence-electron chi connectivity index (χ3n) is 8.25. The van der Waals surface area contributed by atoms with Crippen molar-refractivity contribution in [3.05, 3.63) is 136 Å². The number of halogens is 1. The van der Waals surface area contributed by atoms with Crippen LogP contribution in [0.15, 0.2) is 114 Å². The van der Waals surface area contributed by atoms with Gasteiger partial charge in [-0.15, -0.1) is 0 Å². The van der Waals surface area contributed by atoms with E-state index in [9.17, 15) is 4.79 Å². The van der Waals surface area contributed by atoms with Crippen LogP contribution in [0, 0.1) is 0 Å². The number of pyridine rings is 1. The minimum Gasteiger partial charge on any atom is -0.336 e. The maximum atomic E-state index is 14.2. The third-order valence-corrected chi connectivity index (χ3v) is 8.74. The Morgan fingerprint density at radius 2 is 1.36 bits per heavy atom. The molecule has 2 heterocycles. The fourth-order valence-corrected chi connectivity index (χ4v) is 6.26. The van der Waals surface area contributed by atoms with Gasteiger partial charge >= 0.3 is 0 Å². The van der Waals surface area contributed by atoms with Crippen molar-refractivity contribution in [3.8, 4) is 11.3 Å². The van der Waals surface area contributed by atoms with Gasteiger partial charge in [-0.25, -0.2) is 4.98 Å². The van der Waals surface area contributed by atoms with Crippen LogP contribution in [0.1, 0.15) is 53.9 Å². The van der Waals surface area contributed by atoms with Crippen molar-refractivity contribution in [3.63, 3.8) is 0 Å². The zero-order valence-electron chi connectivity index (χ0n) is 24.4. The number of fused-ring (bicyclic) bond motifs is 1. The summed E-state index contributed by atoms with van der Waals surface area (Å²) in [5, 5.41) is 0.873. The van der Waals surface area contributed by atoms with Crippen LogP contribution >= 0.6 is 15.9 Å². The number of aromatic nitrogens is 1. The van der Waals surface area contributed by atoms with Gasteiger partial charge < -0.3 is 4.90 Å². The lowest BCUT2D eigenvalue weighted by molar-refractivity contribution is 0.0599. The van der Waals surface area contributed by atoms with E-state index in [2.05, 4.69) is 127 Å². The van der Waals surface area contributed by atoms with Gasteiger partial charge in [0.05, 0.1) is 22.8 Å². The minimum atomic E-state index is 0.0590. The van der Waals surface area contributed by atoms with Crippen molar-refractivity contribution in [2.75, 3.05) is 26.2 Å². The standard InChI is InChI=1S/C37H36BrN3O/c1-37(2,3)29-16-14-26(15-17-29)34-25-32(31-24-30(38)18-19-33(31)39-34)36(42)41-22-20-40(21-23-41)35(27-10-6-4-7-11-27)28-12-8-5-9-13-28/h4-19,24-25,35H,20-23H2,1-3H3. The molecule has 1 amide bonds. The van der Waals surface area contributed by atoms with Crippen LogP contribution in [0.25, 0.3) is 22.2 Å². The zero-order chi connectivity index (χ0) is 29.3. The smallest absolute Gasteiger partial charge is 0.254 e. The van der Waals surface area contributed by atoms with Gasteiger partial charge in [0.15, 0.2) is 0 Å². The van der Waals surface area contributed by atoms with Crippen molar-refractivity contribution in [2.24, 2.45) is 0 Å². The fraction of sp³-hybridized carbons (Fsp3) is 0.243. The molecule has 1 fully saturated rings. The van der Waals surface area contributed by atoms with Gasteiger partial charge in [-0.2, -0.15) is 0 Å². The largest absolute Gasteiger partial charge is 0.336 e. The first-order chi connectivity index (χ1) is 20.3. The first kappa shape index (κ1) is 28.3. The van der Waals surface area contributed by atoms with E-state index in [4.69, 9.17) is 4.98 Å². The van der Waals surface area contributed by atoms with Crippen molar-refractivity contribution in [1.29, 1.82) is 0 Å². The van der Waals surface area contributed by atoms with Crippen LogP contribution in [0.3, 0.4) is 0 Å². The van der Waals surface area contributed by atoms with Crippen LogP contribution in [0.2, 0.25) is 0 Å². The molecule has 5 aromatic rings. The quantitative estimate of drug-likeness (QED) is 0.198. The molecule has 4 aromatic carbocycles. The third kappa shape index (κ3) is 5.90. The maximum absolute atomic E-state index is 14.2. The van der Waals surface area contributed by atoms with Crippen molar-refractivity contribution >= 4 is 32.7 Å². The lowest BCUT2D eigenvalue weighted by atomic mass is 9.86. The lowest BCUT2D eigenvalue weighted by Crippen LogP contribution is -2.49. The molecule has 0 bridgehead atoms. The second kappa shape index (κ2) is 11.8. The van der Waals surface area contributed by atoms with E-state index in [1.165, 1.54) is 16.7 Å². The zero-order valence-corrected chi connectivity index (χ0v) is 26.0. The summed E-state index contributed by atoms with van der Waals surface area (Å²) >= 11 is 3.61. The highest BCUT2D eigenvalue weighted by molar-refractivity contribution is 9.10. The number of rotatable bonds is 5. The number of amides is 1. The molecule has 0 atom stereocenters. The number of hydrogen-bond acceptors (Lipinski definition) is 3. The normalized spacial score (nSPS) is 14.5. The lowest BCUT2D eigenvalue weighted by Gasteiger charge is -2.40. The molecule has 1 aromatic heterocycles. The number of nitrogens with zero attached hydrogens (tertiary/aromatic N) is 3. The summed E-state index contributed by atoms with van der Waals surface area (Å²) in [6, 6.07) is 38.0. The Kier molecular flexibility index (Phi) is 7.98. The summed E-state index contributed by atoms with van der Waals surface area (Å²) in [7, 11) is 0. The van der Waals surface area contributed by atoms with Crippen molar-refractivity contribution < 1.29 is 4.79 Å². The molecule has 42 heavy (non-hydrogen) atoms. The number of carbonyl (C=O) groups is 1. The monoisotopic (exact) mass is 617 g/mol. The van der Waals surface area contributed by atoms with Gasteiger partial charge in [-0.05, 0) is 46.4 Å². The van der Waals surface area contributed by atoms with Crippen LogP contribution in [-0.4, -0.2) is 46.9 Å². The molecule has 0 spiro atoms. The fourth-order valence-electron chi connectivity index (χ4n) is 5.90. The maximum Gasteiger partial charge on any atom is 0.254 e. The minimum absolute atomic E-state index is 0.0590. The Bertz CT molecular complexity index is 1650. The molecule has 5 heteroatoms. The van der Waals surface area contributed by atoms with Crippen molar-refractivity contribution in [2.45, 2.75) is 32.2 Å². The molecular weight excluding hydrogens is 582 g/mol. The van der Waals surface area contributed by atoms with Crippen LogP contribution < -0.4 is 0 Å². The Balaban J connectivity index is 1.29. The average molecular weight is 619 g/mol. The molecular formula is C37H36BrN3O. The molecule has 1 saturated heterocycles. The van der Waals surface area contributed by atoms with E-state index in [1.807, 2.05) is 29.2 Å². The first-order valence-corrected chi connectivity index (χ1v) is 15.4. The molecule has 0 radical (unpaired) electrons. The van der Waals surface area contributed by atoms with E-state index in [1.54, 1.807) is 0 Å². The topological polar surface area (TPSA) is 36.4 Å². The molecule has 1 aliphatic heterocycles. The first-order valence-electron chi connectivity index (χ1n) is 14.6. The Morgan fingerprint density at radius 1 is 0.762 bits per heavy atom. The van der Waals surface area contributed by atoms with E-state index >= 15 is 0 Å². The molecule has 212 valence electrons. The van der Waals surface area contributed by atoms with E-state index in [0.29, 0.717) is 18.7 Å². The number of hydrogen-bond donors (Lipinski definition) is 0. The van der Waals surface area contributed by atoms with E-state index in [-0.39, 0.29) is 17.4 Å². The number of benzene rings is 4. The van der Waals surface area contributed by atoms with Crippen LogP contribution in [0.4, 0.5) is 0 Å². The highest BCUT2D eigenvalue weighted by Crippen LogP contribution is 2.32. The van der Waals surface area contributed by atoms with Gasteiger partial charge in [0.25, 0.3) is 5.91 Å². The Labute approximate surface area is 257 Å². The molecule has 6 rings (SSSR count). The molecule has 0 saturated carbocycles. The second-order valence-corrected chi connectivity index (χ2v) is 13.0. The Hall–Kier alpha value is -3.80. The molecule has 4 nitrogen and oxygen atoms in total. The summed E-state index contributed by atoms with van der Waals surface area (Å²) in [6.45, 7) is 9.58. The van der Waals surface area contributed by atoms with Gasteiger partial charge in [-0.1, -0.05) is 122 Å². The van der Waals surface area contributed by atoms with E-state index < -0.39 is 0 Å². The summed E-state index contributed by atoms with van der Waals surface area (Å²) in [5.41, 5.74) is 7.25. The van der Waals surface area contributed by atoms with Crippen LogP contribution in [-0.2, 0) is 5.41 Å². The summed E-state index contributed by atoms with van der Waals surface area (Å²) in [4.78, 5) is 23.6. The molecule has 0 N–H and O–H groups in total. The predicted molar refractivity (Wildman–Crippen MR) is 176 cm³/mol. The molecule has 0 aliphatic carbocycles. The Morgan fingerprint density at radius 3 is 1.93 bits per heavy atom. The summed E-state index contributed by atoms with van der Waals surface area (Å²) in [5.74, 6) is 0.0590. The highest BCUT2D eigenvalue weighted by Gasteiger charge is 2.29. The number of carbonyl (C=O) groups excluding carboxylic acids is 1. The SMILES string of the molecule is CC(C)(C)c1ccc(-c2cc(C(=O)N3CCN(C(c4ccccc4)c4ccccc4)CC3)c3cc(Br)ccc3n2)cc1. The van der Waals surface area contributed by atoms with Crippen LogP contribution in [0.5, 0.6) is 0 Å². The summed E-state index contributed by atoms with van der Waals surface area (Å²) in [6.07, 6.45) is 0. The molecule has 0 unspecified atom stereocenters. The van der Waals surface area contributed by atoms with E-state index in [0.717, 1.165) is 39.7 Å². The average Bonchev–Trinajstić information content (AvgIpc) is 3.01. The van der Waals surface area contributed by atoms with Gasteiger partial charge in [0.1, 0.15) is 0 Å². The molecule has 1 aliphatic rings. The van der Waals surface area contributed by atoms with Gasteiger partial charge in [0.2, 0.25) is 0 Å². The van der Waals surface area contributed by atoms with Gasteiger partial charge in [0, 0.05) is 41.6 Å². The van der Waals surface area contributed by atoms with Gasteiger partial charge in [-0.3, -0.25) is 9.69 Å². The predicted octanol–water partition coefficient (Wildman–Crippen LogP) is 8.51. The number of piperazine rings is 1. The second-order valence-electron chi connectivity index (χ2n) is 12.1. The highest BCUT2D eigenvalue weighted by atomic mass is 79.9. The summed E-state index contributed by atoms with van der Waals surface area (Å²) < 4.78 is 0.937. The van der Waals surface area contributed by atoms with Crippen molar-refractivity contribution in [1.82, 2.24) is 14.8 Å².